The lowest BCUT2D eigenvalue weighted by Gasteiger charge is -2.57. The Hall–Kier alpha value is -0.610. The standard InChI is InChI=1S/C14H23NO3/c1-8(12(15)13(16)17)18-14-5-9-2-10(6-14)4-11(3-9)7-14/h8-12H,2-7,15H2,1H3,(H,16,17)/t8-,9?,10?,11?,12+,14?/m1/s1. The van der Waals surface area contributed by atoms with Crippen LogP contribution in [0, 0.1) is 17.8 Å². The van der Waals surface area contributed by atoms with Crippen LogP contribution in [0.2, 0.25) is 0 Å². The topological polar surface area (TPSA) is 72.5 Å². The average Bonchev–Trinajstić information content (AvgIpc) is 2.24. The van der Waals surface area contributed by atoms with Gasteiger partial charge in [-0.3, -0.25) is 4.79 Å². The molecule has 4 fully saturated rings. The lowest BCUT2D eigenvalue weighted by atomic mass is 9.54. The van der Waals surface area contributed by atoms with E-state index in [-0.39, 0.29) is 5.60 Å². The Morgan fingerprint density at radius 1 is 1.22 bits per heavy atom. The minimum atomic E-state index is -0.966. The lowest BCUT2D eigenvalue weighted by Crippen LogP contribution is -2.55. The van der Waals surface area contributed by atoms with Gasteiger partial charge in [0, 0.05) is 0 Å². The molecule has 0 aromatic carbocycles. The van der Waals surface area contributed by atoms with Crippen LogP contribution in [0.4, 0.5) is 0 Å². The Morgan fingerprint density at radius 2 is 1.67 bits per heavy atom. The zero-order valence-corrected chi connectivity index (χ0v) is 11.0. The van der Waals surface area contributed by atoms with Gasteiger partial charge < -0.3 is 15.6 Å². The minimum Gasteiger partial charge on any atom is -0.480 e. The second-order valence-electron chi connectivity index (χ2n) is 6.79. The number of rotatable bonds is 4. The number of carbonyl (C=O) groups is 1. The normalized spacial score (nSPS) is 44.9. The molecule has 102 valence electrons. The average molecular weight is 253 g/mol. The van der Waals surface area contributed by atoms with E-state index in [4.69, 9.17) is 15.6 Å². The van der Waals surface area contributed by atoms with Crippen molar-refractivity contribution >= 4 is 5.97 Å². The maximum Gasteiger partial charge on any atom is 0.323 e. The van der Waals surface area contributed by atoms with Gasteiger partial charge in [-0.25, -0.2) is 0 Å². The van der Waals surface area contributed by atoms with Crippen molar-refractivity contribution in [3.05, 3.63) is 0 Å². The highest BCUT2D eigenvalue weighted by atomic mass is 16.5. The largest absolute Gasteiger partial charge is 0.480 e. The van der Waals surface area contributed by atoms with E-state index in [1.54, 1.807) is 6.92 Å². The second-order valence-corrected chi connectivity index (χ2v) is 6.79. The Bertz CT molecular complexity index is 320. The molecule has 0 radical (unpaired) electrons. The van der Waals surface area contributed by atoms with Gasteiger partial charge in [-0.05, 0) is 63.2 Å². The van der Waals surface area contributed by atoms with Crippen molar-refractivity contribution in [1.29, 1.82) is 0 Å². The van der Waals surface area contributed by atoms with Gasteiger partial charge in [0.2, 0.25) is 0 Å². The van der Waals surface area contributed by atoms with Crippen LogP contribution >= 0.6 is 0 Å². The van der Waals surface area contributed by atoms with Crippen LogP contribution in [0.15, 0.2) is 0 Å². The Balaban J connectivity index is 1.70. The first-order valence-electron chi connectivity index (χ1n) is 7.14. The summed E-state index contributed by atoms with van der Waals surface area (Å²) in [4.78, 5) is 10.9. The Morgan fingerprint density at radius 3 is 2.06 bits per heavy atom. The molecule has 0 saturated heterocycles. The van der Waals surface area contributed by atoms with Gasteiger partial charge in [0.25, 0.3) is 0 Å². The molecular formula is C14H23NO3. The molecule has 0 spiro atoms. The third-order valence-corrected chi connectivity index (χ3v) is 5.21. The van der Waals surface area contributed by atoms with Crippen LogP contribution in [0.3, 0.4) is 0 Å². The molecule has 0 aliphatic heterocycles. The van der Waals surface area contributed by atoms with Crippen molar-refractivity contribution < 1.29 is 14.6 Å². The Labute approximate surface area is 108 Å². The highest BCUT2D eigenvalue weighted by molar-refractivity contribution is 5.73. The quantitative estimate of drug-likeness (QED) is 0.801. The maximum absolute atomic E-state index is 10.9. The first-order valence-corrected chi connectivity index (χ1v) is 7.14. The van der Waals surface area contributed by atoms with Crippen molar-refractivity contribution in [1.82, 2.24) is 0 Å². The van der Waals surface area contributed by atoms with Crippen molar-refractivity contribution in [3.8, 4) is 0 Å². The van der Waals surface area contributed by atoms with E-state index in [0.717, 1.165) is 37.0 Å². The molecule has 18 heavy (non-hydrogen) atoms. The molecule has 0 heterocycles. The molecule has 0 aromatic heterocycles. The van der Waals surface area contributed by atoms with Crippen LogP contribution in [-0.2, 0) is 9.53 Å². The van der Waals surface area contributed by atoms with Gasteiger partial charge in [-0.1, -0.05) is 0 Å². The van der Waals surface area contributed by atoms with Gasteiger partial charge in [0.05, 0.1) is 11.7 Å². The zero-order valence-electron chi connectivity index (χ0n) is 11.0. The predicted molar refractivity (Wildman–Crippen MR) is 67.1 cm³/mol. The van der Waals surface area contributed by atoms with E-state index in [2.05, 4.69) is 0 Å². The molecule has 2 atom stereocenters. The smallest absolute Gasteiger partial charge is 0.323 e. The van der Waals surface area contributed by atoms with Gasteiger partial charge >= 0.3 is 5.97 Å². The van der Waals surface area contributed by atoms with Crippen LogP contribution in [0.5, 0.6) is 0 Å². The van der Waals surface area contributed by atoms with E-state index in [1.807, 2.05) is 0 Å². The summed E-state index contributed by atoms with van der Waals surface area (Å²) in [5.41, 5.74) is 5.61. The van der Waals surface area contributed by atoms with E-state index in [0.29, 0.717) is 0 Å². The van der Waals surface area contributed by atoms with E-state index in [1.165, 1.54) is 19.3 Å². The number of carboxylic acid groups (broad SMARTS) is 1. The number of carboxylic acids is 1. The summed E-state index contributed by atoms with van der Waals surface area (Å²) in [7, 11) is 0. The van der Waals surface area contributed by atoms with Crippen molar-refractivity contribution in [2.24, 2.45) is 23.5 Å². The highest BCUT2D eigenvalue weighted by Crippen LogP contribution is 2.57. The molecule has 0 amide bonds. The monoisotopic (exact) mass is 253 g/mol. The number of aliphatic carboxylic acids is 1. The predicted octanol–water partition coefficient (Wildman–Crippen LogP) is 1.77. The molecule has 4 aliphatic rings. The Kier molecular flexibility index (Phi) is 2.90. The lowest BCUT2D eigenvalue weighted by molar-refractivity contribution is -0.191. The first kappa shape index (κ1) is 12.4. The second kappa shape index (κ2) is 4.20. The zero-order chi connectivity index (χ0) is 12.9. The molecule has 0 aromatic rings. The molecule has 4 aliphatic carbocycles. The highest BCUT2D eigenvalue weighted by Gasteiger charge is 2.52. The van der Waals surface area contributed by atoms with Crippen molar-refractivity contribution in [3.63, 3.8) is 0 Å². The fourth-order valence-corrected chi connectivity index (χ4v) is 4.84. The summed E-state index contributed by atoms with van der Waals surface area (Å²) in [5, 5.41) is 8.96. The van der Waals surface area contributed by atoms with Gasteiger partial charge in [0.1, 0.15) is 6.04 Å². The summed E-state index contributed by atoms with van der Waals surface area (Å²) in [6.45, 7) is 1.80. The molecular weight excluding hydrogens is 230 g/mol. The van der Waals surface area contributed by atoms with Crippen LogP contribution in [0.25, 0.3) is 0 Å². The van der Waals surface area contributed by atoms with Crippen molar-refractivity contribution in [2.45, 2.75) is 63.2 Å². The van der Waals surface area contributed by atoms with Crippen LogP contribution in [0.1, 0.15) is 45.4 Å². The van der Waals surface area contributed by atoms with Crippen LogP contribution in [-0.4, -0.2) is 28.8 Å². The fourth-order valence-electron chi connectivity index (χ4n) is 4.84. The van der Waals surface area contributed by atoms with Gasteiger partial charge in [-0.15, -0.1) is 0 Å². The third-order valence-electron chi connectivity index (χ3n) is 5.21. The summed E-state index contributed by atoms with van der Waals surface area (Å²) in [6, 6.07) is -0.905. The molecule has 4 heteroatoms. The molecule has 0 unspecified atom stereocenters. The van der Waals surface area contributed by atoms with E-state index < -0.39 is 18.1 Å². The van der Waals surface area contributed by atoms with Crippen LogP contribution < -0.4 is 5.73 Å². The summed E-state index contributed by atoms with van der Waals surface area (Å²) in [5.74, 6) is 1.46. The summed E-state index contributed by atoms with van der Waals surface area (Å²) in [6.07, 6.45) is 7.06. The molecule has 4 nitrogen and oxygen atoms in total. The van der Waals surface area contributed by atoms with Gasteiger partial charge in [0.15, 0.2) is 0 Å². The van der Waals surface area contributed by atoms with E-state index >= 15 is 0 Å². The van der Waals surface area contributed by atoms with E-state index in [9.17, 15) is 4.79 Å². The van der Waals surface area contributed by atoms with Crippen molar-refractivity contribution in [2.75, 3.05) is 0 Å². The molecule has 3 N–H and O–H groups in total. The maximum atomic E-state index is 10.9. The molecule has 4 saturated carbocycles. The summed E-state index contributed by atoms with van der Waals surface area (Å²) >= 11 is 0. The molecule has 4 bridgehead atoms. The fraction of sp³-hybridized carbons (Fsp3) is 0.929. The first-order chi connectivity index (χ1) is 8.47. The number of nitrogens with two attached hydrogens (primary N) is 1. The summed E-state index contributed by atoms with van der Waals surface area (Å²) < 4.78 is 6.17. The number of hydrogen-bond acceptors (Lipinski definition) is 3. The third kappa shape index (κ3) is 2.05. The minimum absolute atomic E-state index is 0.0543. The van der Waals surface area contributed by atoms with Gasteiger partial charge in [-0.2, -0.15) is 0 Å². The molecule has 4 rings (SSSR count). The number of ether oxygens (including phenoxy) is 1. The SMILES string of the molecule is C[C@@H](OC12CC3CC(CC(C3)C1)C2)[C@H](N)C(=O)O. The number of hydrogen-bond donors (Lipinski definition) is 2.